The van der Waals surface area contributed by atoms with Crippen LogP contribution in [0.15, 0.2) is 35.5 Å². The number of carbonyl (C=O) groups excluding carboxylic acids is 1. The molecule has 2 bridgehead atoms. The van der Waals surface area contributed by atoms with Crippen LogP contribution in [-0.4, -0.2) is 40.7 Å². The SMILES string of the molecule is Cc1cn(-c2ccc(C(F)(F)F)cc2)/c(=N/C(=O)N2CC3CC2CN3)s1. The van der Waals surface area contributed by atoms with Crippen LogP contribution >= 0.6 is 11.3 Å². The Morgan fingerprint density at radius 2 is 2.04 bits per heavy atom. The highest BCUT2D eigenvalue weighted by molar-refractivity contribution is 7.09. The van der Waals surface area contributed by atoms with Crippen molar-refractivity contribution in [3.63, 3.8) is 0 Å². The molecule has 2 fully saturated rings. The fourth-order valence-electron chi connectivity index (χ4n) is 3.47. The Balaban J connectivity index is 1.65. The van der Waals surface area contributed by atoms with Crippen LogP contribution in [0.5, 0.6) is 0 Å². The first-order valence-corrected chi connectivity index (χ1v) is 9.08. The zero-order valence-corrected chi connectivity index (χ0v) is 14.8. The molecule has 2 saturated heterocycles. The molecule has 2 aromatic rings. The lowest BCUT2D eigenvalue weighted by atomic mass is 10.2. The van der Waals surface area contributed by atoms with Gasteiger partial charge in [0.15, 0.2) is 4.80 Å². The van der Waals surface area contributed by atoms with Gasteiger partial charge < -0.3 is 10.2 Å². The molecule has 1 aromatic heterocycles. The Bertz CT molecular complexity index is 900. The second kappa shape index (κ2) is 6.24. The molecule has 0 spiro atoms. The summed E-state index contributed by atoms with van der Waals surface area (Å²) in [6.45, 7) is 3.31. The fraction of sp³-hybridized carbons (Fsp3) is 0.412. The van der Waals surface area contributed by atoms with Gasteiger partial charge in [0.2, 0.25) is 0 Å². The van der Waals surface area contributed by atoms with Gasteiger partial charge >= 0.3 is 12.2 Å². The highest BCUT2D eigenvalue weighted by Crippen LogP contribution is 2.29. The molecule has 4 rings (SSSR count). The van der Waals surface area contributed by atoms with Gasteiger partial charge in [0, 0.05) is 41.9 Å². The summed E-state index contributed by atoms with van der Waals surface area (Å²) in [5.41, 5.74) is -0.164. The number of carbonyl (C=O) groups is 1. The summed E-state index contributed by atoms with van der Waals surface area (Å²) >= 11 is 1.34. The summed E-state index contributed by atoms with van der Waals surface area (Å²) < 4.78 is 39.9. The molecular formula is C17H17F3N4OS. The van der Waals surface area contributed by atoms with Crippen molar-refractivity contribution in [2.75, 3.05) is 13.1 Å². The highest BCUT2D eigenvalue weighted by Gasteiger charge is 2.40. The van der Waals surface area contributed by atoms with Crippen molar-refractivity contribution in [1.82, 2.24) is 14.8 Å². The molecule has 1 aromatic carbocycles. The van der Waals surface area contributed by atoms with E-state index >= 15 is 0 Å². The number of nitrogens with one attached hydrogen (secondary N) is 1. The number of aryl methyl sites for hydroxylation is 1. The maximum Gasteiger partial charge on any atom is 0.416 e. The maximum absolute atomic E-state index is 12.7. The van der Waals surface area contributed by atoms with Crippen LogP contribution in [0.25, 0.3) is 5.69 Å². The van der Waals surface area contributed by atoms with Gasteiger partial charge in [-0.3, -0.25) is 4.57 Å². The summed E-state index contributed by atoms with van der Waals surface area (Å²) in [6, 6.07) is 5.07. The van der Waals surface area contributed by atoms with Crippen LogP contribution in [0.4, 0.5) is 18.0 Å². The average molecular weight is 382 g/mol. The van der Waals surface area contributed by atoms with Gasteiger partial charge in [0.05, 0.1) is 5.56 Å². The zero-order chi connectivity index (χ0) is 18.5. The first kappa shape index (κ1) is 17.3. The van der Waals surface area contributed by atoms with E-state index in [4.69, 9.17) is 0 Å². The van der Waals surface area contributed by atoms with Gasteiger partial charge in [-0.15, -0.1) is 11.3 Å². The lowest BCUT2D eigenvalue weighted by Crippen LogP contribution is -2.46. The van der Waals surface area contributed by atoms with Gasteiger partial charge in [0.25, 0.3) is 0 Å². The van der Waals surface area contributed by atoms with Crippen molar-refractivity contribution >= 4 is 17.4 Å². The molecule has 9 heteroatoms. The van der Waals surface area contributed by atoms with Gasteiger partial charge in [-0.2, -0.15) is 18.2 Å². The number of piperazine rings is 1. The smallest absolute Gasteiger partial charge is 0.317 e. The number of amides is 2. The van der Waals surface area contributed by atoms with E-state index in [0.717, 1.165) is 30.0 Å². The molecule has 3 heterocycles. The minimum Gasteiger partial charge on any atom is -0.317 e. The third-order valence-corrected chi connectivity index (χ3v) is 5.63. The van der Waals surface area contributed by atoms with Crippen LogP contribution < -0.4 is 10.1 Å². The molecule has 2 aliphatic rings. The number of aromatic nitrogens is 1. The number of halogens is 3. The maximum atomic E-state index is 12.7. The number of benzene rings is 1. The molecule has 2 amide bonds. The van der Waals surface area contributed by atoms with Crippen LogP contribution in [0.1, 0.15) is 16.9 Å². The minimum atomic E-state index is -4.37. The predicted octanol–water partition coefficient (Wildman–Crippen LogP) is 2.93. The Hall–Kier alpha value is -2.13. The number of rotatable bonds is 1. The monoisotopic (exact) mass is 382 g/mol. The number of fused-ring (bicyclic) bond motifs is 2. The number of likely N-dealkylation sites (tertiary alicyclic amines) is 1. The van der Waals surface area contributed by atoms with E-state index in [9.17, 15) is 18.0 Å². The van der Waals surface area contributed by atoms with Crippen LogP contribution in [0, 0.1) is 6.92 Å². The summed E-state index contributed by atoms with van der Waals surface area (Å²) in [7, 11) is 0. The normalized spacial score (nSPS) is 23.1. The third-order valence-electron chi connectivity index (χ3n) is 4.74. The van der Waals surface area contributed by atoms with Crippen LogP contribution in [-0.2, 0) is 6.18 Å². The van der Waals surface area contributed by atoms with E-state index in [2.05, 4.69) is 10.3 Å². The lowest BCUT2D eigenvalue weighted by Gasteiger charge is -2.25. The molecule has 0 radical (unpaired) electrons. The standard InChI is InChI=1S/C17H17F3N4OS/c1-10-8-24(13-4-2-11(3-5-13)17(18,19)20)16(26-10)22-15(25)23-9-12-6-14(23)7-21-12/h2-5,8,12,14,21H,6-7,9H2,1H3/b22-16-. The largest absolute Gasteiger partial charge is 0.416 e. The van der Waals surface area contributed by atoms with Gasteiger partial charge in [-0.25, -0.2) is 4.79 Å². The number of nitrogens with zero attached hydrogens (tertiary/aromatic N) is 3. The van der Waals surface area contributed by atoms with Crippen molar-refractivity contribution < 1.29 is 18.0 Å². The molecule has 1 N–H and O–H groups in total. The van der Waals surface area contributed by atoms with Crippen molar-refractivity contribution in [2.24, 2.45) is 4.99 Å². The molecule has 0 aliphatic carbocycles. The van der Waals surface area contributed by atoms with E-state index in [1.54, 1.807) is 15.7 Å². The van der Waals surface area contributed by atoms with Gasteiger partial charge in [0.1, 0.15) is 0 Å². The van der Waals surface area contributed by atoms with Crippen LogP contribution in [0.3, 0.4) is 0 Å². The summed E-state index contributed by atoms with van der Waals surface area (Å²) in [6.07, 6.45) is -1.65. The van der Waals surface area contributed by atoms with E-state index in [1.165, 1.54) is 23.5 Å². The molecule has 5 nitrogen and oxygen atoms in total. The molecule has 2 aliphatic heterocycles. The zero-order valence-electron chi connectivity index (χ0n) is 14.0. The summed E-state index contributed by atoms with van der Waals surface area (Å²) in [4.78, 5) is 20.0. The number of alkyl halides is 3. The second-order valence-electron chi connectivity index (χ2n) is 6.58. The molecule has 2 unspecified atom stereocenters. The molecule has 0 saturated carbocycles. The van der Waals surface area contributed by atoms with E-state index < -0.39 is 11.7 Å². The predicted molar refractivity (Wildman–Crippen MR) is 91.2 cm³/mol. The summed E-state index contributed by atoms with van der Waals surface area (Å²) in [5.74, 6) is 0. The molecule has 26 heavy (non-hydrogen) atoms. The Morgan fingerprint density at radius 3 is 2.62 bits per heavy atom. The number of urea groups is 1. The second-order valence-corrected chi connectivity index (χ2v) is 7.79. The number of thiazole rings is 1. The van der Waals surface area contributed by atoms with E-state index in [1.807, 2.05) is 6.92 Å². The van der Waals surface area contributed by atoms with Crippen molar-refractivity contribution in [3.8, 4) is 5.69 Å². The molecular weight excluding hydrogens is 365 g/mol. The molecule has 138 valence electrons. The van der Waals surface area contributed by atoms with E-state index in [-0.39, 0.29) is 12.1 Å². The highest BCUT2D eigenvalue weighted by atomic mass is 32.1. The Labute approximate surface area is 151 Å². The number of hydrogen-bond donors (Lipinski definition) is 1. The van der Waals surface area contributed by atoms with E-state index in [0.29, 0.717) is 23.1 Å². The van der Waals surface area contributed by atoms with Gasteiger partial charge in [-0.1, -0.05) is 0 Å². The third kappa shape index (κ3) is 3.16. The number of hydrogen-bond acceptors (Lipinski definition) is 3. The van der Waals surface area contributed by atoms with Crippen molar-refractivity contribution in [1.29, 1.82) is 0 Å². The fourth-order valence-corrected chi connectivity index (χ4v) is 4.30. The van der Waals surface area contributed by atoms with Crippen molar-refractivity contribution in [2.45, 2.75) is 31.6 Å². The first-order chi connectivity index (χ1) is 12.3. The van der Waals surface area contributed by atoms with Crippen LogP contribution in [0.2, 0.25) is 0 Å². The summed E-state index contributed by atoms with van der Waals surface area (Å²) in [5, 5.41) is 3.33. The Kier molecular flexibility index (Phi) is 4.15. The Morgan fingerprint density at radius 1 is 1.31 bits per heavy atom. The minimum absolute atomic E-state index is 0.178. The van der Waals surface area contributed by atoms with Crippen molar-refractivity contribution in [3.05, 3.63) is 45.7 Å². The average Bonchev–Trinajstić information content (AvgIpc) is 3.29. The quantitative estimate of drug-likeness (QED) is 0.825. The van der Waals surface area contributed by atoms with Gasteiger partial charge in [-0.05, 0) is 37.6 Å². The lowest BCUT2D eigenvalue weighted by molar-refractivity contribution is -0.137. The molecule has 2 atom stereocenters. The topological polar surface area (TPSA) is 49.6 Å². The first-order valence-electron chi connectivity index (χ1n) is 8.27.